The minimum absolute atomic E-state index is 0.0524. The highest BCUT2D eigenvalue weighted by atomic mass is 32.2. The van der Waals surface area contributed by atoms with Gasteiger partial charge in [-0.25, -0.2) is 4.39 Å². The highest BCUT2D eigenvalue weighted by molar-refractivity contribution is 8.00. The highest BCUT2D eigenvalue weighted by Gasteiger charge is 2.41. The maximum atomic E-state index is 12.9. The lowest BCUT2D eigenvalue weighted by Crippen LogP contribution is -2.28. The summed E-state index contributed by atoms with van der Waals surface area (Å²) in [6.07, 6.45) is 5.49. The van der Waals surface area contributed by atoms with E-state index in [2.05, 4.69) is 6.92 Å². The number of halogens is 1. The molecule has 6 nitrogen and oxygen atoms in total. The Kier molecular flexibility index (Phi) is 11.5. The van der Waals surface area contributed by atoms with Gasteiger partial charge in [0.15, 0.2) is 0 Å². The lowest BCUT2D eigenvalue weighted by atomic mass is 9.95. The van der Waals surface area contributed by atoms with Crippen molar-refractivity contribution in [2.45, 2.75) is 69.0 Å². The molecule has 0 aliphatic heterocycles. The number of benzene rings is 1. The Morgan fingerprint density at radius 3 is 2.62 bits per heavy atom. The van der Waals surface area contributed by atoms with E-state index in [4.69, 9.17) is 9.84 Å². The molecule has 0 amide bonds. The van der Waals surface area contributed by atoms with Crippen LogP contribution in [0.25, 0.3) is 0 Å². The molecule has 0 saturated heterocycles. The smallest absolute Gasteiger partial charge is 0.303 e. The van der Waals surface area contributed by atoms with E-state index in [0.717, 1.165) is 12.8 Å². The van der Waals surface area contributed by atoms with E-state index in [1.165, 1.54) is 36.0 Å². The van der Waals surface area contributed by atoms with Crippen LogP contribution in [0.5, 0.6) is 5.75 Å². The monoisotopic (exact) mass is 470 g/mol. The summed E-state index contributed by atoms with van der Waals surface area (Å²) in [5, 5.41) is 39.8. The number of carboxylic acid groups (broad SMARTS) is 1. The molecule has 1 aromatic rings. The van der Waals surface area contributed by atoms with Gasteiger partial charge < -0.3 is 25.2 Å². The van der Waals surface area contributed by atoms with E-state index < -0.39 is 24.3 Å². The summed E-state index contributed by atoms with van der Waals surface area (Å²) in [6.45, 7) is 2.12. The summed E-state index contributed by atoms with van der Waals surface area (Å²) in [5.41, 5.74) is 0. The zero-order valence-electron chi connectivity index (χ0n) is 18.5. The van der Waals surface area contributed by atoms with Gasteiger partial charge in [-0.2, -0.15) is 11.8 Å². The van der Waals surface area contributed by atoms with Crippen molar-refractivity contribution in [1.82, 2.24) is 0 Å². The molecule has 180 valence electrons. The third-order valence-electron chi connectivity index (χ3n) is 5.72. The first kappa shape index (κ1) is 26.6. The predicted octanol–water partition coefficient (Wildman–Crippen LogP) is 3.64. The first-order valence-electron chi connectivity index (χ1n) is 11.2. The molecule has 0 aromatic heterocycles. The number of hydrogen-bond donors (Lipinski definition) is 4. The van der Waals surface area contributed by atoms with Gasteiger partial charge in [0.2, 0.25) is 0 Å². The normalized spacial score (nSPS) is 25.2. The van der Waals surface area contributed by atoms with Crippen LogP contribution in [0, 0.1) is 17.7 Å². The van der Waals surface area contributed by atoms with Crippen LogP contribution in [0.2, 0.25) is 0 Å². The zero-order chi connectivity index (χ0) is 23.5. The van der Waals surface area contributed by atoms with Gasteiger partial charge in [-0.15, -0.1) is 0 Å². The first-order chi connectivity index (χ1) is 15.3. The Balaban J connectivity index is 1.83. The van der Waals surface area contributed by atoms with Crippen molar-refractivity contribution in [3.05, 3.63) is 42.2 Å². The number of carbonyl (C=O) groups is 1. The van der Waals surface area contributed by atoms with Crippen molar-refractivity contribution in [2.24, 2.45) is 11.8 Å². The summed E-state index contributed by atoms with van der Waals surface area (Å²) in [6, 6.07) is 5.57. The third-order valence-corrected chi connectivity index (χ3v) is 7.35. The number of aliphatic hydroxyl groups excluding tert-OH is 3. The molecule has 4 N–H and O–H groups in total. The first-order valence-corrected chi connectivity index (χ1v) is 12.3. The van der Waals surface area contributed by atoms with Crippen LogP contribution < -0.4 is 4.74 Å². The van der Waals surface area contributed by atoms with Gasteiger partial charge in [0.05, 0.1) is 18.3 Å². The summed E-state index contributed by atoms with van der Waals surface area (Å²) >= 11 is 1.42. The Morgan fingerprint density at radius 2 is 1.97 bits per heavy atom. The average molecular weight is 471 g/mol. The molecule has 1 aromatic carbocycles. The Hall–Kier alpha value is -1.61. The fourth-order valence-corrected chi connectivity index (χ4v) is 5.44. The molecule has 0 bridgehead atoms. The van der Waals surface area contributed by atoms with E-state index >= 15 is 0 Å². The number of aliphatic hydroxyl groups is 3. The standard InChI is InChI=1S/C24H35FO6S/c1-2-4-16(7-12-23(29)30)5-3-6-20-21(27)13-22(28)24(20)32-15-18(26)14-31-19-10-8-17(25)9-11-19/h3,5,8-11,16,18,20-22,24,26-28H,2,4,6-7,12-15H2,1H3,(H,29,30). The summed E-state index contributed by atoms with van der Waals surface area (Å²) in [7, 11) is 0. The Labute approximate surface area is 193 Å². The van der Waals surface area contributed by atoms with Gasteiger partial charge in [-0.1, -0.05) is 25.5 Å². The van der Waals surface area contributed by atoms with Crippen LogP contribution in [0.4, 0.5) is 4.39 Å². The second-order valence-corrected chi connectivity index (χ2v) is 9.61. The van der Waals surface area contributed by atoms with Crippen molar-refractivity contribution < 1.29 is 34.3 Å². The third kappa shape index (κ3) is 9.10. The molecule has 0 radical (unpaired) electrons. The van der Waals surface area contributed by atoms with Gasteiger partial charge >= 0.3 is 5.97 Å². The van der Waals surface area contributed by atoms with Gasteiger partial charge in [-0.3, -0.25) is 4.79 Å². The van der Waals surface area contributed by atoms with E-state index in [-0.39, 0.29) is 35.9 Å². The van der Waals surface area contributed by atoms with Gasteiger partial charge in [0.25, 0.3) is 0 Å². The molecule has 32 heavy (non-hydrogen) atoms. The number of allylic oxidation sites excluding steroid dienone is 2. The number of hydrogen-bond acceptors (Lipinski definition) is 6. The van der Waals surface area contributed by atoms with Crippen molar-refractivity contribution >= 4 is 17.7 Å². The number of rotatable bonds is 14. The number of ether oxygens (including phenoxy) is 1. The lowest BCUT2D eigenvalue weighted by Gasteiger charge is -2.23. The maximum Gasteiger partial charge on any atom is 0.303 e. The topological polar surface area (TPSA) is 107 Å². The predicted molar refractivity (Wildman–Crippen MR) is 123 cm³/mol. The summed E-state index contributed by atoms with van der Waals surface area (Å²) in [4.78, 5) is 10.8. The Bertz CT molecular complexity index is 713. The van der Waals surface area contributed by atoms with Gasteiger partial charge in [-0.05, 0) is 49.4 Å². The molecule has 0 spiro atoms. The van der Waals surface area contributed by atoms with Gasteiger partial charge in [0.1, 0.15) is 18.2 Å². The zero-order valence-corrected chi connectivity index (χ0v) is 19.3. The minimum atomic E-state index is -0.799. The molecule has 6 atom stereocenters. The van der Waals surface area contributed by atoms with Crippen LogP contribution in [0.15, 0.2) is 36.4 Å². The minimum Gasteiger partial charge on any atom is -0.491 e. The van der Waals surface area contributed by atoms with E-state index in [1.54, 1.807) is 0 Å². The molecule has 1 aliphatic carbocycles. The molecule has 6 unspecified atom stereocenters. The summed E-state index contributed by atoms with van der Waals surface area (Å²) < 4.78 is 18.4. The largest absolute Gasteiger partial charge is 0.491 e. The Morgan fingerprint density at radius 1 is 1.25 bits per heavy atom. The molecular weight excluding hydrogens is 435 g/mol. The van der Waals surface area contributed by atoms with Crippen molar-refractivity contribution in [3.63, 3.8) is 0 Å². The van der Waals surface area contributed by atoms with Crippen LogP contribution >= 0.6 is 11.8 Å². The molecule has 1 aliphatic rings. The molecule has 1 fully saturated rings. The SMILES string of the molecule is CCCC(C=CCC1C(O)CC(O)C1SCC(O)COc1ccc(F)cc1)CCC(=O)O. The molecule has 1 saturated carbocycles. The molecule has 8 heteroatoms. The molecule has 2 rings (SSSR count). The average Bonchev–Trinajstić information content (AvgIpc) is 3.02. The fourth-order valence-electron chi connectivity index (χ4n) is 4.02. The van der Waals surface area contributed by atoms with Crippen LogP contribution in [0.3, 0.4) is 0 Å². The van der Waals surface area contributed by atoms with Crippen molar-refractivity contribution in [2.75, 3.05) is 12.4 Å². The second-order valence-electron chi connectivity index (χ2n) is 8.40. The van der Waals surface area contributed by atoms with Crippen LogP contribution in [-0.2, 0) is 4.79 Å². The highest BCUT2D eigenvalue weighted by Crippen LogP contribution is 2.38. The van der Waals surface area contributed by atoms with Crippen LogP contribution in [0.1, 0.15) is 45.4 Å². The number of carboxylic acids is 1. The maximum absolute atomic E-state index is 12.9. The molecule has 0 heterocycles. The lowest BCUT2D eigenvalue weighted by molar-refractivity contribution is -0.137. The van der Waals surface area contributed by atoms with E-state index in [0.29, 0.717) is 30.8 Å². The number of thioether (sulfide) groups is 1. The van der Waals surface area contributed by atoms with E-state index in [9.17, 15) is 24.5 Å². The van der Waals surface area contributed by atoms with Gasteiger partial charge in [0, 0.05) is 29.8 Å². The summed E-state index contributed by atoms with van der Waals surface area (Å²) in [5.74, 6) is -0.293. The quantitative estimate of drug-likeness (QED) is 0.308. The van der Waals surface area contributed by atoms with Crippen molar-refractivity contribution in [1.29, 1.82) is 0 Å². The fraction of sp³-hybridized carbons (Fsp3) is 0.625. The van der Waals surface area contributed by atoms with E-state index in [1.807, 2.05) is 12.2 Å². The van der Waals surface area contributed by atoms with Crippen molar-refractivity contribution in [3.8, 4) is 5.75 Å². The molecular formula is C24H35FO6S. The number of aliphatic carboxylic acids is 1. The second kappa shape index (κ2) is 13.8. The van der Waals surface area contributed by atoms with Crippen LogP contribution in [-0.4, -0.2) is 62.3 Å².